The molecule has 100 valence electrons. The van der Waals surface area contributed by atoms with Crippen molar-refractivity contribution in [3.63, 3.8) is 0 Å². The van der Waals surface area contributed by atoms with E-state index in [9.17, 15) is 19.3 Å². The number of rotatable bonds is 3. The van der Waals surface area contributed by atoms with Gasteiger partial charge in [0, 0.05) is 12.0 Å². The summed E-state index contributed by atoms with van der Waals surface area (Å²) in [5, 5.41) is 13.2. The number of nitro benzene ring substituents is 1. The van der Waals surface area contributed by atoms with Crippen molar-refractivity contribution >= 4 is 17.3 Å². The Morgan fingerprint density at radius 3 is 2.63 bits per heavy atom. The molecule has 2 unspecified atom stereocenters. The highest BCUT2D eigenvalue weighted by molar-refractivity contribution is 5.95. The molecule has 1 aromatic carbocycles. The Morgan fingerprint density at radius 1 is 1.32 bits per heavy atom. The molecule has 2 aliphatic rings. The van der Waals surface area contributed by atoms with Crippen LogP contribution in [0.2, 0.25) is 0 Å². The van der Waals surface area contributed by atoms with E-state index in [-0.39, 0.29) is 17.5 Å². The van der Waals surface area contributed by atoms with Gasteiger partial charge in [-0.2, -0.15) is 0 Å². The number of carbonyl (C=O) groups is 1. The number of hydrogen-bond donors (Lipinski definition) is 1. The van der Waals surface area contributed by atoms with Crippen molar-refractivity contribution in [1.29, 1.82) is 0 Å². The summed E-state index contributed by atoms with van der Waals surface area (Å²) in [6.45, 7) is 0. The zero-order chi connectivity index (χ0) is 13.6. The molecule has 0 radical (unpaired) electrons. The summed E-state index contributed by atoms with van der Waals surface area (Å²) in [6, 6.07) is 3.55. The number of nitrogens with one attached hydrogen (secondary N) is 1. The summed E-state index contributed by atoms with van der Waals surface area (Å²) in [5.74, 6) is 0.0479. The molecule has 0 heterocycles. The number of fused-ring (bicyclic) bond motifs is 1. The monoisotopic (exact) mass is 264 g/mol. The van der Waals surface area contributed by atoms with E-state index in [1.807, 2.05) is 0 Å². The fraction of sp³-hybridized carbons (Fsp3) is 0.462. The zero-order valence-electron chi connectivity index (χ0n) is 10.1. The molecule has 2 fully saturated rings. The Balaban J connectivity index is 1.78. The molecule has 1 N–H and O–H groups in total. The predicted molar refractivity (Wildman–Crippen MR) is 66.0 cm³/mol. The molecule has 19 heavy (non-hydrogen) atoms. The van der Waals surface area contributed by atoms with Crippen molar-refractivity contribution in [2.24, 2.45) is 17.8 Å². The molecule has 5 nitrogen and oxygen atoms in total. The molecule has 0 saturated heterocycles. The van der Waals surface area contributed by atoms with Gasteiger partial charge in [0.2, 0.25) is 5.91 Å². The van der Waals surface area contributed by atoms with E-state index < -0.39 is 16.4 Å². The van der Waals surface area contributed by atoms with Crippen molar-refractivity contribution in [3.8, 4) is 0 Å². The quantitative estimate of drug-likeness (QED) is 0.674. The fourth-order valence-corrected chi connectivity index (χ4v) is 2.94. The number of carbonyl (C=O) groups excluding carboxylic acids is 1. The van der Waals surface area contributed by atoms with Gasteiger partial charge < -0.3 is 5.32 Å². The van der Waals surface area contributed by atoms with E-state index >= 15 is 0 Å². The molecular formula is C13H13FN2O3. The average molecular weight is 264 g/mol. The second-order valence-corrected chi connectivity index (χ2v) is 5.30. The predicted octanol–water partition coefficient (Wildman–Crippen LogP) is 2.72. The Morgan fingerprint density at radius 2 is 2.00 bits per heavy atom. The smallest absolute Gasteiger partial charge is 0.295 e. The number of nitrogens with zero attached hydrogens (tertiary/aromatic N) is 1. The first-order valence-corrected chi connectivity index (χ1v) is 6.30. The highest BCUT2D eigenvalue weighted by Crippen LogP contribution is 2.54. The van der Waals surface area contributed by atoms with Crippen LogP contribution in [0.15, 0.2) is 18.2 Å². The van der Waals surface area contributed by atoms with Crippen LogP contribution >= 0.6 is 0 Å². The number of para-hydroxylation sites is 1. The summed E-state index contributed by atoms with van der Waals surface area (Å²) >= 11 is 0. The van der Waals surface area contributed by atoms with Gasteiger partial charge in [0.05, 0.1) is 4.92 Å². The second-order valence-electron chi connectivity index (χ2n) is 5.30. The number of benzene rings is 1. The van der Waals surface area contributed by atoms with Gasteiger partial charge in [0.15, 0.2) is 11.5 Å². The van der Waals surface area contributed by atoms with Gasteiger partial charge in [-0.15, -0.1) is 0 Å². The maximum atomic E-state index is 13.6. The molecule has 2 atom stereocenters. The Labute approximate surface area is 109 Å². The van der Waals surface area contributed by atoms with Crippen LogP contribution in [0.25, 0.3) is 0 Å². The summed E-state index contributed by atoms with van der Waals surface area (Å²) in [5.41, 5.74) is -0.727. The average Bonchev–Trinajstić information content (AvgIpc) is 2.98. The first kappa shape index (κ1) is 12.1. The molecular weight excluding hydrogens is 251 g/mol. The Bertz CT molecular complexity index is 551. The van der Waals surface area contributed by atoms with Crippen LogP contribution < -0.4 is 5.32 Å². The number of nitro groups is 1. The van der Waals surface area contributed by atoms with E-state index in [2.05, 4.69) is 5.32 Å². The van der Waals surface area contributed by atoms with Crippen LogP contribution in [0.3, 0.4) is 0 Å². The van der Waals surface area contributed by atoms with E-state index in [0.29, 0.717) is 11.8 Å². The van der Waals surface area contributed by atoms with Crippen molar-refractivity contribution in [2.45, 2.75) is 19.3 Å². The van der Waals surface area contributed by atoms with Crippen LogP contribution in [0.4, 0.5) is 15.8 Å². The molecule has 1 aromatic rings. The Kier molecular flexibility index (Phi) is 2.73. The number of hydrogen-bond acceptors (Lipinski definition) is 3. The van der Waals surface area contributed by atoms with E-state index in [0.717, 1.165) is 18.9 Å². The van der Waals surface area contributed by atoms with Gasteiger partial charge in [-0.1, -0.05) is 6.07 Å². The molecule has 2 aliphatic carbocycles. The largest absolute Gasteiger partial charge is 0.318 e. The molecule has 1 amide bonds. The van der Waals surface area contributed by atoms with Crippen LogP contribution in [-0.4, -0.2) is 10.8 Å². The standard InChI is InChI=1S/C13H13FN2O3/c14-10-2-1-3-11(16(18)19)12(10)15-13(17)9-5-7-4-8(7)6-9/h1-3,7-9H,4-6H2,(H,15,17). The third kappa shape index (κ3) is 2.18. The second kappa shape index (κ2) is 4.29. The summed E-state index contributed by atoms with van der Waals surface area (Å²) < 4.78 is 13.6. The van der Waals surface area contributed by atoms with Crippen molar-refractivity contribution in [1.82, 2.24) is 0 Å². The summed E-state index contributed by atoms with van der Waals surface area (Å²) in [7, 11) is 0. The normalized spacial score (nSPS) is 27.7. The van der Waals surface area contributed by atoms with Gasteiger partial charge in [0.25, 0.3) is 5.69 Å². The van der Waals surface area contributed by atoms with E-state index in [1.165, 1.54) is 18.6 Å². The SMILES string of the molecule is O=C(Nc1c(F)cccc1[N+](=O)[O-])C1CC2CC2C1. The van der Waals surface area contributed by atoms with Gasteiger partial charge >= 0.3 is 0 Å². The third-order valence-electron chi connectivity index (χ3n) is 4.05. The van der Waals surface area contributed by atoms with Gasteiger partial charge in [-0.3, -0.25) is 14.9 Å². The molecule has 3 rings (SSSR count). The molecule has 0 aliphatic heterocycles. The number of anilines is 1. The number of halogens is 1. The van der Waals surface area contributed by atoms with Gasteiger partial charge in [0.1, 0.15) is 0 Å². The van der Waals surface area contributed by atoms with Crippen LogP contribution in [0, 0.1) is 33.7 Å². The molecule has 6 heteroatoms. The van der Waals surface area contributed by atoms with Crippen LogP contribution in [-0.2, 0) is 4.79 Å². The topological polar surface area (TPSA) is 72.2 Å². The van der Waals surface area contributed by atoms with Gasteiger partial charge in [-0.05, 0) is 37.2 Å². The maximum absolute atomic E-state index is 13.6. The third-order valence-corrected chi connectivity index (χ3v) is 4.05. The van der Waals surface area contributed by atoms with Crippen molar-refractivity contribution < 1.29 is 14.1 Å². The van der Waals surface area contributed by atoms with Crippen LogP contribution in [0.1, 0.15) is 19.3 Å². The highest BCUT2D eigenvalue weighted by Gasteiger charge is 2.48. The molecule has 0 aromatic heterocycles. The first-order valence-electron chi connectivity index (χ1n) is 6.30. The lowest BCUT2D eigenvalue weighted by molar-refractivity contribution is -0.384. The van der Waals surface area contributed by atoms with E-state index in [1.54, 1.807) is 0 Å². The van der Waals surface area contributed by atoms with Crippen molar-refractivity contribution in [3.05, 3.63) is 34.1 Å². The minimum absolute atomic E-state index is 0.136. The zero-order valence-corrected chi connectivity index (χ0v) is 10.1. The lowest BCUT2D eigenvalue weighted by atomic mass is 10.0. The summed E-state index contributed by atoms with van der Waals surface area (Å²) in [6.07, 6.45) is 2.82. The van der Waals surface area contributed by atoms with Crippen molar-refractivity contribution in [2.75, 3.05) is 5.32 Å². The highest BCUT2D eigenvalue weighted by atomic mass is 19.1. The summed E-state index contributed by atoms with van der Waals surface area (Å²) in [4.78, 5) is 22.1. The maximum Gasteiger partial charge on any atom is 0.295 e. The minimum atomic E-state index is -0.772. The van der Waals surface area contributed by atoms with Gasteiger partial charge in [-0.25, -0.2) is 4.39 Å². The lowest BCUT2D eigenvalue weighted by Crippen LogP contribution is -2.22. The fourth-order valence-electron chi connectivity index (χ4n) is 2.94. The minimum Gasteiger partial charge on any atom is -0.318 e. The molecule has 0 spiro atoms. The van der Waals surface area contributed by atoms with Crippen LogP contribution in [0.5, 0.6) is 0 Å². The molecule has 2 saturated carbocycles. The van der Waals surface area contributed by atoms with E-state index in [4.69, 9.17) is 0 Å². The molecule has 0 bridgehead atoms. The number of amides is 1. The first-order chi connectivity index (χ1) is 9.06. The Hall–Kier alpha value is -1.98. The lowest BCUT2D eigenvalue weighted by Gasteiger charge is -2.12.